The van der Waals surface area contributed by atoms with E-state index in [0.29, 0.717) is 11.5 Å². The van der Waals surface area contributed by atoms with Gasteiger partial charge in [0.15, 0.2) is 5.75 Å². The molecule has 1 atom stereocenters. The number of urea groups is 1. The second-order valence-electron chi connectivity index (χ2n) is 7.88. The molecule has 2 heterocycles. The normalized spacial score (nSPS) is 19.6. The molecule has 4 rings (SSSR count). The van der Waals surface area contributed by atoms with Gasteiger partial charge in [0, 0.05) is 29.9 Å². The lowest BCUT2D eigenvalue weighted by Crippen LogP contribution is -2.35. The Balaban J connectivity index is 1.83. The molecule has 1 unspecified atom stereocenters. The minimum Gasteiger partial charge on any atom is -0.407 e. The van der Waals surface area contributed by atoms with E-state index in [0.717, 1.165) is 29.2 Å². The van der Waals surface area contributed by atoms with Crippen LogP contribution < -0.4 is 14.5 Å². The lowest BCUT2D eigenvalue weighted by Gasteiger charge is -2.26. The molecular weight excluding hydrogens is 503 g/mol. The van der Waals surface area contributed by atoms with E-state index in [1.165, 1.54) is 0 Å². The number of alkyl halides is 6. The van der Waals surface area contributed by atoms with Crippen molar-refractivity contribution >= 4 is 23.5 Å². The number of amides is 3. The Morgan fingerprint density at radius 2 is 1.81 bits per heavy atom. The molecule has 0 aromatic heterocycles. The minimum atomic E-state index is -5.53. The molecule has 36 heavy (non-hydrogen) atoms. The quantitative estimate of drug-likeness (QED) is 0.402. The predicted octanol–water partition coefficient (Wildman–Crippen LogP) is 5.14. The molecule has 194 valence electrons. The molecule has 2 aromatic carbocycles. The lowest BCUT2D eigenvalue weighted by atomic mass is 10.1. The van der Waals surface area contributed by atoms with Gasteiger partial charge < -0.3 is 14.4 Å². The minimum absolute atomic E-state index is 0.0347. The number of halogens is 7. The molecule has 2 aliphatic rings. The zero-order chi connectivity index (χ0) is 28.9. The number of hydrogen-bond acceptors (Lipinski definition) is 4. The Morgan fingerprint density at radius 1 is 1.14 bits per heavy atom. The number of rotatable bonds is 5. The van der Waals surface area contributed by atoms with Crippen LogP contribution in [-0.2, 0) is 17.1 Å². The molecular formula is C22H18F7N3O4. The van der Waals surface area contributed by atoms with Crippen LogP contribution in [0, 0.1) is 5.82 Å². The van der Waals surface area contributed by atoms with Crippen LogP contribution in [0.3, 0.4) is 0 Å². The third-order valence-electron chi connectivity index (χ3n) is 5.37. The molecule has 0 N–H and O–H groups in total. The first-order valence-electron chi connectivity index (χ1n) is 11.7. The van der Waals surface area contributed by atoms with E-state index in [-0.39, 0.29) is 42.8 Å². The maximum Gasteiger partial charge on any atom is 0.420 e. The number of hydrogen-bond donors (Lipinski definition) is 0. The number of benzene rings is 2. The van der Waals surface area contributed by atoms with Crippen molar-refractivity contribution in [2.45, 2.75) is 18.5 Å². The molecule has 2 saturated heterocycles. The van der Waals surface area contributed by atoms with Gasteiger partial charge in [0.1, 0.15) is 11.4 Å². The fourth-order valence-corrected chi connectivity index (χ4v) is 3.52. The van der Waals surface area contributed by atoms with Gasteiger partial charge in [0.25, 0.3) is 0 Å². The van der Waals surface area contributed by atoms with Gasteiger partial charge >= 0.3 is 24.5 Å². The number of ether oxygens (including phenoxy) is 2. The van der Waals surface area contributed by atoms with Crippen molar-refractivity contribution in [1.82, 2.24) is 4.90 Å². The van der Waals surface area contributed by atoms with Crippen LogP contribution >= 0.6 is 0 Å². The van der Waals surface area contributed by atoms with Gasteiger partial charge in [-0.25, -0.2) is 14.0 Å². The standard InChI is InChI=1S/C22H18F7N3O4/c1-30(14-4-2-13(23)3-5-14)20(34)36-18-16(22(27,28)29)8-12(21(24,25)26)9-17(18)32-7-6-31(19(32)33)10-15-11-35-15/h2-5,8-9,15H,6-7,10-11H2,1H3/i1D3. The monoisotopic (exact) mass is 524 g/mol. The molecule has 0 bridgehead atoms. The molecule has 0 radical (unpaired) electrons. The lowest BCUT2D eigenvalue weighted by molar-refractivity contribution is -0.143. The van der Waals surface area contributed by atoms with Gasteiger partial charge in [0.05, 0.1) is 30.5 Å². The number of carbonyl (C=O) groups excluding carboxylic acids is 2. The maximum absolute atomic E-state index is 14.0. The van der Waals surface area contributed by atoms with Crippen molar-refractivity contribution < 1.29 is 53.9 Å². The fourth-order valence-electron chi connectivity index (χ4n) is 3.52. The van der Waals surface area contributed by atoms with E-state index in [2.05, 4.69) is 0 Å². The third-order valence-corrected chi connectivity index (χ3v) is 5.37. The Morgan fingerprint density at radius 3 is 2.36 bits per heavy atom. The average molecular weight is 524 g/mol. The molecule has 0 aliphatic carbocycles. The topological polar surface area (TPSA) is 65.6 Å². The molecule has 2 fully saturated rings. The number of epoxide rings is 1. The molecule has 7 nitrogen and oxygen atoms in total. The van der Waals surface area contributed by atoms with Crippen molar-refractivity contribution in [3.8, 4) is 5.75 Å². The Hall–Kier alpha value is -3.55. The summed E-state index contributed by atoms with van der Waals surface area (Å²) in [7, 11) is 0. The Labute approximate surface area is 203 Å². The van der Waals surface area contributed by atoms with Crippen molar-refractivity contribution in [1.29, 1.82) is 0 Å². The van der Waals surface area contributed by atoms with Crippen LogP contribution in [0.15, 0.2) is 36.4 Å². The van der Waals surface area contributed by atoms with Gasteiger partial charge in [0.2, 0.25) is 0 Å². The van der Waals surface area contributed by atoms with Crippen LogP contribution in [-0.4, -0.2) is 56.3 Å². The summed E-state index contributed by atoms with van der Waals surface area (Å²) >= 11 is 0. The van der Waals surface area contributed by atoms with E-state index >= 15 is 0 Å². The first-order valence-corrected chi connectivity index (χ1v) is 10.2. The smallest absolute Gasteiger partial charge is 0.407 e. The Bertz CT molecular complexity index is 1270. The van der Waals surface area contributed by atoms with Gasteiger partial charge in [-0.1, -0.05) is 0 Å². The second-order valence-corrected chi connectivity index (χ2v) is 7.88. The molecule has 2 aromatic rings. The van der Waals surface area contributed by atoms with E-state index in [1.54, 1.807) is 0 Å². The van der Waals surface area contributed by atoms with Crippen LogP contribution in [0.25, 0.3) is 0 Å². The van der Waals surface area contributed by atoms with Crippen LogP contribution in [0.5, 0.6) is 5.75 Å². The largest absolute Gasteiger partial charge is 0.420 e. The molecule has 14 heteroatoms. The zero-order valence-corrected chi connectivity index (χ0v) is 18.0. The summed E-state index contributed by atoms with van der Waals surface area (Å²) in [6.45, 7) is -3.46. The molecule has 0 spiro atoms. The fraction of sp³-hybridized carbons (Fsp3) is 0.364. The summed E-state index contributed by atoms with van der Waals surface area (Å²) in [5.41, 5.74) is -5.40. The van der Waals surface area contributed by atoms with Crippen molar-refractivity contribution in [2.75, 3.05) is 43.0 Å². The third kappa shape index (κ3) is 5.32. The first kappa shape index (κ1) is 21.7. The predicted molar refractivity (Wildman–Crippen MR) is 111 cm³/mol. The summed E-state index contributed by atoms with van der Waals surface area (Å²) in [5.74, 6) is -2.33. The summed E-state index contributed by atoms with van der Waals surface area (Å²) < 4.78 is 129. The molecule has 2 aliphatic heterocycles. The van der Waals surface area contributed by atoms with E-state index in [1.807, 2.05) is 0 Å². The first-order chi connectivity index (χ1) is 18.0. The van der Waals surface area contributed by atoms with E-state index < -0.39 is 65.5 Å². The van der Waals surface area contributed by atoms with Crippen molar-refractivity contribution in [3.05, 3.63) is 53.3 Å². The number of anilines is 2. The highest BCUT2D eigenvalue weighted by Crippen LogP contribution is 2.47. The SMILES string of the molecule is [2H]C([2H])([2H])N(C(=O)Oc1c(N2CCN(CC3CO3)C2=O)cc(C(F)(F)F)cc1C(F)(F)F)c1ccc(F)cc1. The summed E-state index contributed by atoms with van der Waals surface area (Å²) in [4.78, 5) is 27.6. The van der Waals surface area contributed by atoms with Crippen molar-refractivity contribution in [3.63, 3.8) is 0 Å². The number of nitrogens with zero attached hydrogens (tertiary/aromatic N) is 3. The molecule has 0 saturated carbocycles. The van der Waals surface area contributed by atoms with Crippen LogP contribution in [0.1, 0.15) is 15.2 Å². The van der Waals surface area contributed by atoms with E-state index in [4.69, 9.17) is 13.6 Å². The van der Waals surface area contributed by atoms with Gasteiger partial charge in [-0.05, 0) is 36.4 Å². The number of carbonyl (C=O) groups is 2. The van der Waals surface area contributed by atoms with Crippen molar-refractivity contribution in [2.24, 2.45) is 0 Å². The molecule has 3 amide bonds. The highest BCUT2D eigenvalue weighted by Gasteiger charge is 2.44. The van der Waals surface area contributed by atoms with Gasteiger partial charge in [-0.2, -0.15) is 26.3 Å². The summed E-state index contributed by atoms with van der Waals surface area (Å²) in [6.07, 6.45) is -13.1. The van der Waals surface area contributed by atoms with Gasteiger partial charge in [-0.15, -0.1) is 0 Å². The highest BCUT2D eigenvalue weighted by molar-refractivity contribution is 5.97. The highest BCUT2D eigenvalue weighted by atomic mass is 19.4. The van der Waals surface area contributed by atoms with Crippen LogP contribution in [0.2, 0.25) is 0 Å². The maximum atomic E-state index is 14.0. The summed E-state index contributed by atoms with van der Waals surface area (Å²) in [5, 5.41) is 0. The zero-order valence-electron chi connectivity index (χ0n) is 21.0. The average Bonchev–Trinajstić information content (AvgIpc) is 3.55. The van der Waals surface area contributed by atoms with E-state index in [9.17, 15) is 40.3 Å². The van der Waals surface area contributed by atoms with Crippen LogP contribution in [0.4, 0.5) is 51.7 Å². The van der Waals surface area contributed by atoms with Gasteiger partial charge in [-0.3, -0.25) is 9.80 Å². The second kappa shape index (κ2) is 9.15. The Kier molecular flexibility index (Phi) is 5.52. The summed E-state index contributed by atoms with van der Waals surface area (Å²) in [6, 6.07) is 2.15.